The van der Waals surface area contributed by atoms with Crippen molar-refractivity contribution in [2.75, 3.05) is 13.6 Å². The van der Waals surface area contributed by atoms with Gasteiger partial charge in [-0.05, 0) is 43.4 Å². The van der Waals surface area contributed by atoms with Gasteiger partial charge in [0.05, 0.1) is 4.90 Å². The molecule has 1 unspecified atom stereocenters. The highest BCUT2D eigenvalue weighted by Crippen LogP contribution is 2.26. The molecule has 0 aliphatic carbocycles. The molecular formula is C16H24N2O3S. The van der Waals surface area contributed by atoms with E-state index in [-0.39, 0.29) is 10.8 Å². The second-order valence-corrected chi connectivity index (χ2v) is 7.53. The third-order valence-corrected chi connectivity index (χ3v) is 6.02. The summed E-state index contributed by atoms with van der Waals surface area (Å²) in [5.41, 5.74) is 1.14. The van der Waals surface area contributed by atoms with Gasteiger partial charge < -0.3 is 5.32 Å². The molecule has 0 aromatic heterocycles. The molecule has 1 amide bonds. The fourth-order valence-corrected chi connectivity index (χ4v) is 4.46. The number of rotatable bonds is 6. The van der Waals surface area contributed by atoms with Crippen molar-refractivity contribution in [3.63, 3.8) is 0 Å². The molecule has 0 saturated carbocycles. The highest BCUT2D eigenvalue weighted by atomic mass is 32.2. The van der Waals surface area contributed by atoms with Gasteiger partial charge >= 0.3 is 0 Å². The summed E-state index contributed by atoms with van der Waals surface area (Å²) in [6, 6.07) is 6.45. The largest absolute Gasteiger partial charge is 0.358 e. The number of nitrogens with one attached hydrogen (secondary N) is 1. The quantitative estimate of drug-likeness (QED) is 0.869. The number of likely N-dealkylation sites (N-methyl/N-ethyl adjacent to an activating group) is 1. The van der Waals surface area contributed by atoms with Crippen LogP contribution >= 0.6 is 0 Å². The SMILES string of the molecule is CCCCc1ccc(S(=O)(=O)N2CCCC2C(=O)NC)cc1. The van der Waals surface area contributed by atoms with Crippen LogP contribution < -0.4 is 5.32 Å². The minimum Gasteiger partial charge on any atom is -0.358 e. The molecule has 1 aliphatic heterocycles. The Bertz CT molecular complexity index is 611. The molecule has 1 atom stereocenters. The first-order chi connectivity index (χ1) is 10.5. The van der Waals surface area contributed by atoms with Crippen LogP contribution in [-0.4, -0.2) is 38.3 Å². The molecule has 1 N–H and O–H groups in total. The predicted octanol–water partition coefficient (Wildman–Crippen LogP) is 1.93. The van der Waals surface area contributed by atoms with Gasteiger partial charge in [-0.3, -0.25) is 4.79 Å². The van der Waals surface area contributed by atoms with Crippen LogP contribution in [-0.2, 0) is 21.2 Å². The van der Waals surface area contributed by atoms with Crippen LogP contribution in [0.25, 0.3) is 0 Å². The first-order valence-electron chi connectivity index (χ1n) is 7.83. The van der Waals surface area contributed by atoms with Crippen LogP contribution in [0.5, 0.6) is 0 Å². The van der Waals surface area contributed by atoms with Gasteiger partial charge in [0, 0.05) is 13.6 Å². The van der Waals surface area contributed by atoms with Crippen LogP contribution in [0.2, 0.25) is 0 Å². The molecule has 2 rings (SSSR count). The van der Waals surface area contributed by atoms with Crippen molar-refractivity contribution < 1.29 is 13.2 Å². The van der Waals surface area contributed by atoms with Crippen molar-refractivity contribution in [1.29, 1.82) is 0 Å². The molecule has 1 aromatic carbocycles. The number of nitrogens with zero attached hydrogens (tertiary/aromatic N) is 1. The van der Waals surface area contributed by atoms with Crippen LogP contribution in [0, 0.1) is 0 Å². The van der Waals surface area contributed by atoms with Crippen LogP contribution in [0.1, 0.15) is 38.2 Å². The average molecular weight is 324 g/mol. The molecule has 0 bridgehead atoms. The first kappa shape index (κ1) is 17.0. The smallest absolute Gasteiger partial charge is 0.243 e. The van der Waals surface area contributed by atoms with Crippen LogP contribution in [0.4, 0.5) is 0 Å². The van der Waals surface area contributed by atoms with E-state index in [1.807, 2.05) is 12.1 Å². The molecule has 1 fully saturated rings. The third-order valence-electron chi connectivity index (χ3n) is 4.10. The van der Waals surface area contributed by atoms with Gasteiger partial charge in [-0.2, -0.15) is 4.31 Å². The highest BCUT2D eigenvalue weighted by molar-refractivity contribution is 7.89. The van der Waals surface area contributed by atoms with Gasteiger partial charge in [0.2, 0.25) is 15.9 Å². The second-order valence-electron chi connectivity index (χ2n) is 5.64. The average Bonchev–Trinajstić information content (AvgIpc) is 3.03. The van der Waals surface area contributed by atoms with Gasteiger partial charge in [-0.1, -0.05) is 25.5 Å². The molecule has 6 heteroatoms. The molecular weight excluding hydrogens is 300 g/mol. The standard InChI is InChI=1S/C16H24N2O3S/c1-3-4-6-13-8-10-14(11-9-13)22(20,21)18-12-5-7-15(18)16(19)17-2/h8-11,15H,3-7,12H2,1-2H3,(H,17,19). The summed E-state index contributed by atoms with van der Waals surface area (Å²) in [6.07, 6.45) is 4.46. The summed E-state index contributed by atoms with van der Waals surface area (Å²) in [5, 5.41) is 2.55. The number of hydrogen-bond donors (Lipinski definition) is 1. The van der Waals surface area contributed by atoms with E-state index in [9.17, 15) is 13.2 Å². The maximum absolute atomic E-state index is 12.7. The molecule has 5 nitrogen and oxygen atoms in total. The molecule has 1 saturated heterocycles. The number of benzene rings is 1. The fourth-order valence-electron chi connectivity index (χ4n) is 2.80. The Labute approximate surface area is 132 Å². The van der Waals surface area contributed by atoms with E-state index in [0.29, 0.717) is 19.4 Å². The summed E-state index contributed by atoms with van der Waals surface area (Å²) in [4.78, 5) is 12.1. The van der Waals surface area contributed by atoms with E-state index in [0.717, 1.165) is 24.8 Å². The van der Waals surface area contributed by atoms with Gasteiger partial charge in [-0.25, -0.2) is 8.42 Å². The maximum atomic E-state index is 12.7. The molecule has 1 heterocycles. The number of amides is 1. The van der Waals surface area contributed by atoms with Crippen molar-refractivity contribution in [2.45, 2.75) is 50.0 Å². The maximum Gasteiger partial charge on any atom is 0.243 e. The number of sulfonamides is 1. The van der Waals surface area contributed by atoms with Crippen molar-refractivity contribution in [3.8, 4) is 0 Å². The van der Waals surface area contributed by atoms with Crippen LogP contribution in [0.15, 0.2) is 29.2 Å². The minimum absolute atomic E-state index is 0.236. The number of aryl methyl sites for hydroxylation is 1. The van der Waals surface area contributed by atoms with Crippen LogP contribution in [0.3, 0.4) is 0 Å². The molecule has 0 radical (unpaired) electrons. The first-order valence-corrected chi connectivity index (χ1v) is 9.27. The van der Waals surface area contributed by atoms with E-state index in [1.54, 1.807) is 12.1 Å². The summed E-state index contributed by atoms with van der Waals surface area (Å²) >= 11 is 0. The normalized spacial score (nSPS) is 19.3. The molecule has 0 spiro atoms. The molecule has 1 aromatic rings. The summed E-state index contributed by atoms with van der Waals surface area (Å²) in [6.45, 7) is 2.53. The van der Waals surface area contributed by atoms with E-state index in [1.165, 1.54) is 11.4 Å². The lowest BCUT2D eigenvalue weighted by molar-refractivity contribution is -0.123. The molecule has 22 heavy (non-hydrogen) atoms. The zero-order valence-electron chi connectivity index (χ0n) is 13.2. The zero-order chi connectivity index (χ0) is 16.2. The van der Waals surface area contributed by atoms with E-state index < -0.39 is 16.1 Å². The summed E-state index contributed by atoms with van der Waals surface area (Å²) in [7, 11) is -2.07. The monoisotopic (exact) mass is 324 g/mol. The number of hydrogen-bond acceptors (Lipinski definition) is 3. The second kappa shape index (κ2) is 7.24. The highest BCUT2D eigenvalue weighted by Gasteiger charge is 2.38. The Hall–Kier alpha value is -1.40. The Morgan fingerprint density at radius 2 is 2.00 bits per heavy atom. The predicted molar refractivity (Wildman–Crippen MR) is 86.0 cm³/mol. The van der Waals surface area contributed by atoms with Gasteiger partial charge in [0.1, 0.15) is 6.04 Å². The third kappa shape index (κ3) is 3.50. The van der Waals surface area contributed by atoms with E-state index >= 15 is 0 Å². The summed E-state index contributed by atoms with van der Waals surface area (Å²) < 4.78 is 26.8. The minimum atomic E-state index is -3.61. The molecule has 122 valence electrons. The van der Waals surface area contributed by atoms with Gasteiger partial charge in [0.25, 0.3) is 0 Å². The Balaban J connectivity index is 2.20. The van der Waals surface area contributed by atoms with Crippen molar-refractivity contribution in [1.82, 2.24) is 9.62 Å². The lowest BCUT2D eigenvalue weighted by atomic mass is 10.1. The van der Waals surface area contributed by atoms with Crippen molar-refractivity contribution in [2.24, 2.45) is 0 Å². The van der Waals surface area contributed by atoms with Crippen molar-refractivity contribution in [3.05, 3.63) is 29.8 Å². The van der Waals surface area contributed by atoms with E-state index in [4.69, 9.17) is 0 Å². The Morgan fingerprint density at radius 3 is 2.59 bits per heavy atom. The lowest BCUT2D eigenvalue weighted by Gasteiger charge is -2.22. The topological polar surface area (TPSA) is 66.5 Å². The molecule has 1 aliphatic rings. The number of carbonyl (C=O) groups is 1. The number of carbonyl (C=O) groups excluding carboxylic acids is 1. The summed E-state index contributed by atoms with van der Waals surface area (Å²) in [5.74, 6) is -0.236. The fraction of sp³-hybridized carbons (Fsp3) is 0.562. The Kier molecular flexibility index (Phi) is 5.58. The lowest BCUT2D eigenvalue weighted by Crippen LogP contribution is -2.44. The van der Waals surface area contributed by atoms with Gasteiger partial charge in [-0.15, -0.1) is 0 Å². The Morgan fingerprint density at radius 1 is 1.32 bits per heavy atom. The van der Waals surface area contributed by atoms with Gasteiger partial charge in [0.15, 0.2) is 0 Å². The number of unbranched alkanes of at least 4 members (excludes halogenated alkanes) is 1. The zero-order valence-corrected chi connectivity index (χ0v) is 14.0. The van der Waals surface area contributed by atoms with E-state index in [2.05, 4.69) is 12.2 Å². The van der Waals surface area contributed by atoms with Crippen molar-refractivity contribution >= 4 is 15.9 Å².